The van der Waals surface area contributed by atoms with Gasteiger partial charge in [0.05, 0.1) is 0 Å². The van der Waals surface area contributed by atoms with Gasteiger partial charge in [-0.1, -0.05) is 31.5 Å². The largest absolute Gasteiger partial charge is 0.332 e. The van der Waals surface area contributed by atoms with Crippen LogP contribution in [0.5, 0.6) is 0 Å². The number of nitrogens with one attached hydrogen (secondary N) is 2. The number of rotatable bonds is 3. The Morgan fingerprint density at radius 3 is 2.65 bits per heavy atom. The average Bonchev–Trinajstić information content (AvgIpc) is 2.49. The number of carbonyl (C=O) groups is 2. The molecule has 0 bridgehead atoms. The normalized spacial score (nSPS) is 14.9. The first-order valence-electron chi connectivity index (χ1n) is 7.11. The van der Waals surface area contributed by atoms with Gasteiger partial charge in [-0.2, -0.15) is 0 Å². The van der Waals surface area contributed by atoms with Crippen molar-refractivity contribution < 1.29 is 9.59 Å². The van der Waals surface area contributed by atoms with Gasteiger partial charge in [0.2, 0.25) is 0 Å². The zero-order valence-electron chi connectivity index (χ0n) is 11.8. The van der Waals surface area contributed by atoms with Crippen LogP contribution in [-0.2, 0) is 16.0 Å². The van der Waals surface area contributed by atoms with E-state index in [0.29, 0.717) is 13.1 Å². The molecule has 1 fully saturated rings. The van der Waals surface area contributed by atoms with Crippen LogP contribution in [0.2, 0.25) is 0 Å². The van der Waals surface area contributed by atoms with Crippen molar-refractivity contribution in [3.05, 3.63) is 29.8 Å². The molecule has 1 aliphatic rings. The Morgan fingerprint density at radius 2 is 1.95 bits per heavy atom. The van der Waals surface area contributed by atoms with E-state index in [-0.39, 0.29) is 0 Å². The van der Waals surface area contributed by atoms with Crippen LogP contribution in [0, 0.1) is 0 Å². The van der Waals surface area contributed by atoms with E-state index < -0.39 is 11.8 Å². The first-order valence-corrected chi connectivity index (χ1v) is 7.11. The van der Waals surface area contributed by atoms with E-state index in [1.54, 1.807) is 4.90 Å². The van der Waals surface area contributed by atoms with Crippen LogP contribution in [-0.4, -0.2) is 42.9 Å². The molecule has 0 aromatic heterocycles. The molecule has 20 heavy (non-hydrogen) atoms. The second-order valence-corrected chi connectivity index (χ2v) is 4.90. The lowest BCUT2D eigenvalue weighted by atomic mass is 10.1. The van der Waals surface area contributed by atoms with Crippen LogP contribution >= 0.6 is 0 Å². The Balaban J connectivity index is 2.01. The molecule has 1 heterocycles. The third-order valence-electron chi connectivity index (χ3n) is 3.38. The topological polar surface area (TPSA) is 61.4 Å². The molecular weight excluding hydrogens is 254 g/mol. The summed E-state index contributed by atoms with van der Waals surface area (Å²) in [4.78, 5) is 25.7. The van der Waals surface area contributed by atoms with Gasteiger partial charge in [0.25, 0.3) is 0 Å². The van der Waals surface area contributed by atoms with E-state index in [2.05, 4.69) is 17.6 Å². The molecule has 1 aromatic carbocycles. The van der Waals surface area contributed by atoms with Gasteiger partial charge in [0, 0.05) is 31.9 Å². The van der Waals surface area contributed by atoms with Crippen LogP contribution in [0.1, 0.15) is 18.9 Å². The molecular formula is C15H21N3O2. The van der Waals surface area contributed by atoms with Crippen LogP contribution < -0.4 is 10.6 Å². The minimum absolute atomic E-state index is 0.446. The SMILES string of the molecule is CCCc1ccccc1NC(=O)C(=O)N1CCNCC1. The fourth-order valence-electron chi connectivity index (χ4n) is 2.32. The number of piperazine rings is 1. The highest BCUT2D eigenvalue weighted by Gasteiger charge is 2.23. The summed E-state index contributed by atoms with van der Waals surface area (Å²) >= 11 is 0. The van der Waals surface area contributed by atoms with Crippen molar-refractivity contribution in [2.45, 2.75) is 19.8 Å². The number of hydrogen-bond donors (Lipinski definition) is 2. The average molecular weight is 275 g/mol. The number of aryl methyl sites for hydroxylation is 1. The van der Waals surface area contributed by atoms with E-state index in [1.807, 2.05) is 24.3 Å². The van der Waals surface area contributed by atoms with Crippen LogP contribution in [0.3, 0.4) is 0 Å². The maximum Gasteiger partial charge on any atom is 0.313 e. The number of carbonyl (C=O) groups excluding carboxylic acids is 2. The number of anilines is 1. The van der Waals surface area contributed by atoms with Gasteiger partial charge >= 0.3 is 11.8 Å². The molecule has 108 valence electrons. The highest BCUT2D eigenvalue weighted by Crippen LogP contribution is 2.16. The van der Waals surface area contributed by atoms with Gasteiger partial charge in [0.1, 0.15) is 0 Å². The lowest BCUT2D eigenvalue weighted by molar-refractivity contribution is -0.143. The molecule has 0 unspecified atom stereocenters. The maximum absolute atomic E-state index is 12.1. The van der Waals surface area contributed by atoms with Gasteiger partial charge in [-0.15, -0.1) is 0 Å². The summed E-state index contributed by atoms with van der Waals surface area (Å²) in [6.07, 6.45) is 1.89. The van der Waals surface area contributed by atoms with E-state index in [0.717, 1.165) is 37.2 Å². The number of amides is 2. The molecule has 5 nitrogen and oxygen atoms in total. The highest BCUT2D eigenvalue weighted by atomic mass is 16.2. The molecule has 0 atom stereocenters. The maximum atomic E-state index is 12.1. The summed E-state index contributed by atoms with van der Waals surface area (Å²) in [6.45, 7) is 4.74. The third-order valence-corrected chi connectivity index (χ3v) is 3.38. The summed E-state index contributed by atoms with van der Waals surface area (Å²) in [5.41, 5.74) is 1.80. The minimum Gasteiger partial charge on any atom is -0.332 e. The van der Waals surface area contributed by atoms with Crippen molar-refractivity contribution in [2.24, 2.45) is 0 Å². The van der Waals surface area contributed by atoms with Crippen molar-refractivity contribution in [3.63, 3.8) is 0 Å². The standard InChI is InChI=1S/C15H21N3O2/c1-2-5-12-6-3-4-7-13(12)17-14(19)15(20)18-10-8-16-9-11-18/h3-4,6-7,16H,2,5,8-11H2,1H3,(H,17,19). The van der Waals surface area contributed by atoms with Gasteiger partial charge in [0.15, 0.2) is 0 Å². The lowest BCUT2D eigenvalue weighted by Gasteiger charge is -2.26. The van der Waals surface area contributed by atoms with Crippen LogP contribution in [0.4, 0.5) is 5.69 Å². The summed E-state index contributed by atoms with van der Waals surface area (Å²) in [5, 5.41) is 5.90. The Kier molecular flexibility index (Phi) is 5.12. The fourth-order valence-corrected chi connectivity index (χ4v) is 2.32. The Bertz CT molecular complexity index is 482. The second-order valence-electron chi connectivity index (χ2n) is 4.90. The number of nitrogens with zero attached hydrogens (tertiary/aromatic N) is 1. The Labute approximate surface area is 119 Å². The first kappa shape index (κ1) is 14.5. The van der Waals surface area contributed by atoms with Crippen molar-refractivity contribution in [2.75, 3.05) is 31.5 Å². The van der Waals surface area contributed by atoms with Gasteiger partial charge in [-0.3, -0.25) is 9.59 Å². The molecule has 0 radical (unpaired) electrons. The summed E-state index contributed by atoms with van der Waals surface area (Å²) in [6, 6.07) is 7.63. The zero-order chi connectivity index (χ0) is 14.4. The summed E-state index contributed by atoms with van der Waals surface area (Å²) in [5.74, 6) is -0.992. The molecule has 2 amide bonds. The van der Waals surface area contributed by atoms with Crippen molar-refractivity contribution in [3.8, 4) is 0 Å². The number of para-hydroxylation sites is 1. The molecule has 2 N–H and O–H groups in total. The Morgan fingerprint density at radius 1 is 1.25 bits per heavy atom. The summed E-state index contributed by atoms with van der Waals surface area (Å²) < 4.78 is 0. The lowest BCUT2D eigenvalue weighted by Crippen LogP contribution is -2.49. The molecule has 5 heteroatoms. The molecule has 0 aliphatic carbocycles. The van der Waals surface area contributed by atoms with E-state index >= 15 is 0 Å². The minimum atomic E-state index is -0.546. The van der Waals surface area contributed by atoms with Crippen LogP contribution in [0.25, 0.3) is 0 Å². The van der Waals surface area contributed by atoms with Gasteiger partial charge in [-0.25, -0.2) is 0 Å². The number of benzene rings is 1. The smallest absolute Gasteiger partial charge is 0.313 e. The Hall–Kier alpha value is -1.88. The predicted octanol–water partition coefficient (Wildman–Crippen LogP) is 1.01. The predicted molar refractivity (Wildman–Crippen MR) is 78.5 cm³/mol. The highest BCUT2D eigenvalue weighted by molar-refractivity contribution is 6.39. The quantitative estimate of drug-likeness (QED) is 0.809. The van der Waals surface area contributed by atoms with Crippen molar-refractivity contribution in [1.82, 2.24) is 10.2 Å². The zero-order valence-corrected chi connectivity index (χ0v) is 11.8. The van der Waals surface area contributed by atoms with E-state index in [9.17, 15) is 9.59 Å². The molecule has 1 aliphatic heterocycles. The molecule has 0 spiro atoms. The molecule has 0 saturated carbocycles. The molecule has 2 rings (SSSR count). The first-order chi connectivity index (χ1) is 9.72. The third kappa shape index (κ3) is 3.57. The molecule has 1 aromatic rings. The van der Waals surface area contributed by atoms with Crippen molar-refractivity contribution >= 4 is 17.5 Å². The van der Waals surface area contributed by atoms with Gasteiger partial charge in [-0.05, 0) is 18.1 Å². The van der Waals surface area contributed by atoms with E-state index in [4.69, 9.17) is 0 Å². The van der Waals surface area contributed by atoms with Crippen molar-refractivity contribution in [1.29, 1.82) is 0 Å². The second kappa shape index (κ2) is 7.05. The summed E-state index contributed by atoms with van der Waals surface area (Å²) in [7, 11) is 0. The van der Waals surface area contributed by atoms with E-state index in [1.165, 1.54) is 0 Å². The fraction of sp³-hybridized carbons (Fsp3) is 0.467. The monoisotopic (exact) mass is 275 g/mol. The van der Waals surface area contributed by atoms with Crippen LogP contribution in [0.15, 0.2) is 24.3 Å². The number of hydrogen-bond acceptors (Lipinski definition) is 3. The molecule has 1 saturated heterocycles. The van der Waals surface area contributed by atoms with Gasteiger partial charge < -0.3 is 15.5 Å².